The summed E-state index contributed by atoms with van der Waals surface area (Å²) in [5.74, 6) is 2.29. The molecule has 106 valence electrons. The average Bonchev–Trinajstić information content (AvgIpc) is 2.37. The third-order valence-electron chi connectivity index (χ3n) is 2.84. The van der Waals surface area contributed by atoms with E-state index in [1.807, 2.05) is 50.1 Å². The van der Waals surface area contributed by atoms with Crippen molar-refractivity contribution in [1.82, 2.24) is 0 Å². The fourth-order valence-corrected chi connectivity index (χ4v) is 12.0. The molecule has 7 heteroatoms. The molecule has 18 heavy (non-hydrogen) atoms. The monoisotopic (exact) mass is 344 g/mol. The normalized spacial score (nSPS) is 21.4. The van der Waals surface area contributed by atoms with Gasteiger partial charge in [0.15, 0.2) is 0 Å². The van der Waals surface area contributed by atoms with Crippen LogP contribution in [0.1, 0.15) is 26.2 Å². The minimum Gasteiger partial charge on any atom is -0.323 e. The van der Waals surface area contributed by atoms with Crippen molar-refractivity contribution in [2.75, 3.05) is 35.1 Å². The Morgan fingerprint density at radius 2 is 1.72 bits per heavy atom. The highest BCUT2D eigenvalue weighted by Crippen LogP contribution is 2.50. The summed E-state index contributed by atoms with van der Waals surface area (Å²) in [6, 6.07) is 0. The van der Waals surface area contributed by atoms with Gasteiger partial charge >= 0.3 is 0 Å². The molecular weight excluding hydrogens is 323 g/mol. The number of ketones is 1. The Morgan fingerprint density at radius 3 is 2.28 bits per heavy atom. The highest BCUT2D eigenvalue weighted by atomic mass is 33.1. The second kappa shape index (κ2) is 10.1. The molecule has 0 aromatic heterocycles. The van der Waals surface area contributed by atoms with Crippen molar-refractivity contribution in [3.8, 4) is 0 Å². The third-order valence-corrected chi connectivity index (χ3v) is 12.2. The number of carbonyl (C=O) groups excluding carboxylic acids is 1. The standard InChI is InChI=1S/C11H21O2PS4/c1-2-11(12)4-3-5-14(13)6-8-15-17-10-18-16-9-7-14/h2-10H2,1H3. The van der Waals surface area contributed by atoms with E-state index in [1.165, 1.54) is 0 Å². The molecule has 2 nitrogen and oxygen atoms in total. The molecule has 0 aromatic rings. The predicted octanol–water partition coefficient (Wildman–Crippen LogP) is 4.84. The Hall–Kier alpha value is 1.30. The molecule has 0 aromatic carbocycles. The third kappa shape index (κ3) is 7.78. The summed E-state index contributed by atoms with van der Waals surface area (Å²) in [4.78, 5) is 11.3. The van der Waals surface area contributed by atoms with Gasteiger partial charge in [-0.2, -0.15) is 0 Å². The predicted molar refractivity (Wildman–Crippen MR) is 91.7 cm³/mol. The van der Waals surface area contributed by atoms with Gasteiger partial charge in [0, 0.05) is 42.8 Å². The maximum Gasteiger partial charge on any atom is 0.132 e. The first-order valence-electron chi connectivity index (χ1n) is 6.24. The summed E-state index contributed by atoms with van der Waals surface area (Å²) in [7, 11) is 5.40. The minimum atomic E-state index is -2.02. The Morgan fingerprint density at radius 1 is 1.11 bits per heavy atom. The van der Waals surface area contributed by atoms with Gasteiger partial charge in [0.1, 0.15) is 5.78 Å². The van der Waals surface area contributed by atoms with Gasteiger partial charge in [-0.05, 0) is 6.42 Å². The SMILES string of the molecule is CCC(=O)CCCP1(=O)CCSSCSSCC1. The second-order valence-electron chi connectivity index (χ2n) is 4.22. The zero-order chi connectivity index (χ0) is 13.3. The average molecular weight is 345 g/mol. The van der Waals surface area contributed by atoms with E-state index in [9.17, 15) is 9.36 Å². The molecule has 0 saturated carbocycles. The highest BCUT2D eigenvalue weighted by molar-refractivity contribution is 8.85. The Labute approximate surface area is 126 Å². The molecule has 0 spiro atoms. The van der Waals surface area contributed by atoms with Gasteiger partial charge in [0.2, 0.25) is 0 Å². The van der Waals surface area contributed by atoms with Crippen LogP contribution in [0.25, 0.3) is 0 Å². The van der Waals surface area contributed by atoms with Gasteiger partial charge in [0.05, 0.1) is 12.2 Å². The van der Waals surface area contributed by atoms with E-state index < -0.39 is 7.14 Å². The van der Waals surface area contributed by atoms with E-state index in [4.69, 9.17) is 0 Å². The molecule has 1 rings (SSSR count). The van der Waals surface area contributed by atoms with Crippen molar-refractivity contribution >= 4 is 56.1 Å². The molecule has 1 aliphatic rings. The summed E-state index contributed by atoms with van der Waals surface area (Å²) in [6.45, 7) is 1.90. The second-order valence-corrected chi connectivity index (χ2v) is 13.2. The fraction of sp³-hybridized carbons (Fsp3) is 0.909. The van der Waals surface area contributed by atoms with Crippen LogP contribution < -0.4 is 0 Å². The first-order valence-corrected chi connectivity index (χ1v) is 13.5. The Bertz CT molecular complexity index is 285. The largest absolute Gasteiger partial charge is 0.323 e. The molecular formula is C11H21O2PS4. The summed E-state index contributed by atoms with van der Waals surface area (Å²) in [5.41, 5.74) is 0. The van der Waals surface area contributed by atoms with E-state index in [0.29, 0.717) is 18.6 Å². The molecule has 1 aliphatic heterocycles. The lowest BCUT2D eigenvalue weighted by Crippen LogP contribution is -2.06. The quantitative estimate of drug-likeness (QED) is 0.524. The van der Waals surface area contributed by atoms with Gasteiger partial charge in [-0.25, -0.2) is 0 Å². The molecule has 0 atom stereocenters. The van der Waals surface area contributed by atoms with Crippen LogP contribution in [-0.2, 0) is 9.36 Å². The summed E-state index contributed by atoms with van der Waals surface area (Å²) < 4.78 is 12.8. The first kappa shape index (κ1) is 17.4. The van der Waals surface area contributed by atoms with E-state index in [1.54, 1.807) is 0 Å². The van der Waals surface area contributed by atoms with Gasteiger partial charge in [-0.3, -0.25) is 4.79 Å². The van der Waals surface area contributed by atoms with Crippen LogP contribution in [0, 0.1) is 0 Å². The smallest absolute Gasteiger partial charge is 0.132 e. The van der Waals surface area contributed by atoms with Crippen LogP contribution >= 0.6 is 50.3 Å². The van der Waals surface area contributed by atoms with Crippen LogP contribution in [-0.4, -0.2) is 40.9 Å². The fourth-order valence-electron chi connectivity index (χ4n) is 1.69. The van der Waals surface area contributed by atoms with E-state index in [0.717, 1.165) is 41.5 Å². The van der Waals surface area contributed by atoms with Crippen molar-refractivity contribution in [2.24, 2.45) is 0 Å². The van der Waals surface area contributed by atoms with Crippen LogP contribution in [0.4, 0.5) is 0 Å². The van der Waals surface area contributed by atoms with Crippen LogP contribution in [0.5, 0.6) is 0 Å². The van der Waals surface area contributed by atoms with E-state index >= 15 is 0 Å². The molecule has 1 fully saturated rings. The topological polar surface area (TPSA) is 34.1 Å². The molecule has 1 saturated heterocycles. The lowest BCUT2D eigenvalue weighted by molar-refractivity contribution is -0.118. The number of rotatable bonds is 5. The number of hydrogen-bond donors (Lipinski definition) is 0. The Kier molecular flexibility index (Phi) is 9.73. The van der Waals surface area contributed by atoms with E-state index in [-0.39, 0.29) is 0 Å². The Balaban J connectivity index is 2.36. The molecule has 1 heterocycles. The van der Waals surface area contributed by atoms with Gasteiger partial charge in [0.25, 0.3) is 0 Å². The minimum absolute atomic E-state index is 0.303. The van der Waals surface area contributed by atoms with Crippen molar-refractivity contribution in [3.63, 3.8) is 0 Å². The molecule has 0 amide bonds. The summed E-state index contributed by atoms with van der Waals surface area (Å²) in [5, 5.41) is 1.12. The summed E-state index contributed by atoms with van der Waals surface area (Å²) in [6.07, 6.45) is 4.54. The van der Waals surface area contributed by atoms with E-state index in [2.05, 4.69) is 0 Å². The molecule has 0 aliphatic carbocycles. The first-order chi connectivity index (χ1) is 8.66. The van der Waals surface area contributed by atoms with Crippen molar-refractivity contribution in [3.05, 3.63) is 0 Å². The summed E-state index contributed by atoms with van der Waals surface area (Å²) >= 11 is 0. The number of Topliss-reactive ketones (excluding diaryl/α,β-unsaturated/α-hetero) is 1. The van der Waals surface area contributed by atoms with Crippen molar-refractivity contribution in [2.45, 2.75) is 26.2 Å². The van der Waals surface area contributed by atoms with Crippen LogP contribution in [0.3, 0.4) is 0 Å². The zero-order valence-electron chi connectivity index (χ0n) is 10.8. The van der Waals surface area contributed by atoms with Gasteiger partial charge in [-0.1, -0.05) is 50.1 Å². The zero-order valence-corrected chi connectivity index (χ0v) is 14.9. The molecule has 0 N–H and O–H groups in total. The number of hydrogen-bond acceptors (Lipinski definition) is 6. The van der Waals surface area contributed by atoms with Crippen molar-refractivity contribution < 1.29 is 9.36 Å². The molecule has 0 radical (unpaired) electrons. The molecule has 0 bridgehead atoms. The van der Waals surface area contributed by atoms with Gasteiger partial charge in [-0.15, -0.1) is 0 Å². The van der Waals surface area contributed by atoms with Crippen LogP contribution in [0.2, 0.25) is 0 Å². The van der Waals surface area contributed by atoms with Crippen LogP contribution in [0.15, 0.2) is 0 Å². The highest BCUT2D eigenvalue weighted by Gasteiger charge is 2.22. The van der Waals surface area contributed by atoms with Crippen molar-refractivity contribution in [1.29, 1.82) is 0 Å². The lowest BCUT2D eigenvalue weighted by Gasteiger charge is -2.18. The van der Waals surface area contributed by atoms with Gasteiger partial charge < -0.3 is 4.57 Å². The maximum atomic E-state index is 12.8. The molecule has 0 unspecified atom stereocenters. The number of carbonyl (C=O) groups is 1. The maximum absolute atomic E-state index is 12.8. The lowest BCUT2D eigenvalue weighted by atomic mass is 10.2.